The highest BCUT2D eigenvalue weighted by Gasteiger charge is 2.08. The Labute approximate surface area is 66.4 Å². The maximum Gasteiger partial charge on any atom is 0.145 e. The van der Waals surface area contributed by atoms with Crippen LogP contribution < -0.4 is 5.73 Å². The van der Waals surface area contributed by atoms with Crippen LogP contribution in [0.2, 0.25) is 0 Å². The van der Waals surface area contributed by atoms with Crippen molar-refractivity contribution < 1.29 is 0 Å². The van der Waals surface area contributed by atoms with E-state index in [0.717, 1.165) is 12.1 Å². The predicted molar refractivity (Wildman–Crippen MR) is 44.2 cm³/mol. The summed E-state index contributed by atoms with van der Waals surface area (Å²) in [6.45, 7) is 6.08. The van der Waals surface area contributed by atoms with Gasteiger partial charge in [-0.2, -0.15) is 0 Å². The molecular weight excluding hydrogens is 140 g/mol. The zero-order chi connectivity index (χ0) is 8.43. The van der Waals surface area contributed by atoms with Gasteiger partial charge in [0.2, 0.25) is 0 Å². The van der Waals surface area contributed by atoms with E-state index >= 15 is 0 Å². The van der Waals surface area contributed by atoms with Crippen molar-refractivity contribution in [2.24, 2.45) is 0 Å². The van der Waals surface area contributed by atoms with Crippen molar-refractivity contribution >= 4 is 5.82 Å². The number of nitrogens with two attached hydrogens (primary N) is 1. The standard InChI is InChI=1S/C7H14N4/c1-4-6-7(8)11(5(2)3)10-9-6/h5H,4,8H2,1-3H3. The first-order valence-corrected chi connectivity index (χ1v) is 3.86. The Balaban J connectivity index is 3.00. The Morgan fingerprint density at radius 1 is 1.55 bits per heavy atom. The number of rotatable bonds is 2. The normalized spacial score (nSPS) is 10.9. The average Bonchev–Trinajstić information content (AvgIpc) is 2.30. The minimum atomic E-state index is 0.294. The summed E-state index contributed by atoms with van der Waals surface area (Å²) >= 11 is 0. The Kier molecular flexibility index (Phi) is 2.12. The van der Waals surface area contributed by atoms with Crippen LogP contribution in [0.5, 0.6) is 0 Å². The number of nitrogens with zero attached hydrogens (tertiary/aromatic N) is 3. The van der Waals surface area contributed by atoms with E-state index in [1.54, 1.807) is 4.68 Å². The molecule has 1 heterocycles. The molecular formula is C7H14N4. The fraction of sp³-hybridized carbons (Fsp3) is 0.714. The van der Waals surface area contributed by atoms with Gasteiger partial charge in [-0.1, -0.05) is 12.1 Å². The molecule has 4 nitrogen and oxygen atoms in total. The Bertz CT molecular complexity index is 239. The van der Waals surface area contributed by atoms with Gasteiger partial charge in [0.05, 0.1) is 6.04 Å². The number of hydrogen-bond acceptors (Lipinski definition) is 3. The number of aryl methyl sites for hydroxylation is 1. The minimum absolute atomic E-state index is 0.294. The lowest BCUT2D eigenvalue weighted by Gasteiger charge is -2.05. The molecule has 1 aromatic heterocycles. The highest BCUT2D eigenvalue weighted by Crippen LogP contribution is 2.13. The van der Waals surface area contributed by atoms with Gasteiger partial charge in [-0.3, -0.25) is 0 Å². The van der Waals surface area contributed by atoms with E-state index in [9.17, 15) is 0 Å². The molecule has 0 saturated carbocycles. The lowest BCUT2D eigenvalue weighted by molar-refractivity contribution is 0.521. The molecule has 0 amide bonds. The van der Waals surface area contributed by atoms with Crippen molar-refractivity contribution in [1.82, 2.24) is 15.0 Å². The van der Waals surface area contributed by atoms with Crippen LogP contribution >= 0.6 is 0 Å². The van der Waals surface area contributed by atoms with Crippen LogP contribution in [0, 0.1) is 0 Å². The quantitative estimate of drug-likeness (QED) is 0.691. The Morgan fingerprint density at radius 2 is 2.18 bits per heavy atom. The average molecular weight is 154 g/mol. The third-order valence-corrected chi connectivity index (χ3v) is 1.63. The first-order chi connectivity index (χ1) is 5.16. The molecule has 0 aromatic carbocycles. The van der Waals surface area contributed by atoms with Gasteiger partial charge in [-0.15, -0.1) is 5.10 Å². The maximum absolute atomic E-state index is 5.75. The van der Waals surface area contributed by atoms with E-state index in [1.807, 2.05) is 20.8 Å². The number of anilines is 1. The summed E-state index contributed by atoms with van der Waals surface area (Å²) in [5.41, 5.74) is 6.64. The van der Waals surface area contributed by atoms with Crippen molar-refractivity contribution in [2.45, 2.75) is 33.2 Å². The molecule has 62 valence electrons. The fourth-order valence-electron chi connectivity index (χ4n) is 0.967. The number of hydrogen-bond donors (Lipinski definition) is 1. The summed E-state index contributed by atoms with van der Waals surface area (Å²) in [5.74, 6) is 0.697. The molecule has 4 heteroatoms. The molecule has 0 aliphatic heterocycles. The second-order valence-electron chi connectivity index (χ2n) is 2.81. The predicted octanol–water partition coefficient (Wildman–Crippen LogP) is 1.00. The highest BCUT2D eigenvalue weighted by atomic mass is 15.5. The van der Waals surface area contributed by atoms with Crippen molar-refractivity contribution in [3.05, 3.63) is 5.69 Å². The molecule has 2 N–H and O–H groups in total. The summed E-state index contributed by atoms with van der Waals surface area (Å²) in [7, 11) is 0. The van der Waals surface area contributed by atoms with Crippen LogP contribution in [-0.2, 0) is 6.42 Å². The topological polar surface area (TPSA) is 56.7 Å². The largest absolute Gasteiger partial charge is 0.382 e. The van der Waals surface area contributed by atoms with Gasteiger partial charge in [0.15, 0.2) is 0 Å². The van der Waals surface area contributed by atoms with E-state index in [4.69, 9.17) is 5.73 Å². The fourth-order valence-corrected chi connectivity index (χ4v) is 0.967. The number of nitrogen functional groups attached to an aromatic ring is 1. The van der Waals surface area contributed by atoms with Gasteiger partial charge >= 0.3 is 0 Å². The van der Waals surface area contributed by atoms with Gasteiger partial charge in [0.25, 0.3) is 0 Å². The summed E-state index contributed by atoms with van der Waals surface area (Å²) in [6.07, 6.45) is 0.846. The SMILES string of the molecule is CCc1nnn(C(C)C)c1N. The first kappa shape index (κ1) is 8.04. The minimum Gasteiger partial charge on any atom is -0.382 e. The molecule has 0 aliphatic carbocycles. The van der Waals surface area contributed by atoms with Crippen molar-refractivity contribution in [3.8, 4) is 0 Å². The molecule has 1 aromatic rings. The molecule has 0 fully saturated rings. The lowest BCUT2D eigenvalue weighted by Crippen LogP contribution is -2.07. The van der Waals surface area contributed by atoms with Gasteiger partial charge in [-0.05, 0) is 20.3 Å². The monoisotopic (exact) mass is 154 g/mol. The Morgan fingerprint density at radius 3 is 2.45 bits per heavy atom. The van der Waals surface area contributed by atoms with Crippen molar-refractivity contribution in [2.75, 3.05) is 5.73 Å². The summed E-state index contributed by atoms with van der Waals surface area (Å²) in [6, 6.07) is 0.294. The van der Waals surface area contributed by atoms with E-state index in [2.05, 4.69) is 10.3 Å². The zero-order valence-electron chi connectivity index (χ0n) is 7.20. The molecule has 0 aliphatic rings. The number of aromatic nitrogens is 3. The van der Waals surface area contributed by atoms with Crippen LogP contribution in [0.1, 0.15) is 32.5 Å². The summed E-state index contributed by atoms with van der Waals surface area (Å²) < 4.78 is 1.73. The van der Waals surface area contributed by atoms with Gasteiger partial charge in [-0.25, -0.2) is 4.68 Å². The van der Waals surface area contributed by atoms with Crippen LogP contribution in [0.3, 0.4) is 0 Å². The van der Waals surface area contributed by atoms with E-state index < -0.39 is 0 Å². The summed E-state index contributed by atoms with van der Waals surface area (Å²) in [4.78, 5) is 0. The molecule has 0 bridgehead atoms. The summed E-state index contributed by atoms with van der Waals surface area (Å²) in [5, 5.41) is 7.87. The smallest absolute Gasteiger partial charge is 0.145 e. The van der Waals surface area contributed by atoms with Crippen molar-refractivity contribution in [1.29, 1.82) is 0 Å². The maximum atomic E-state index is 5.75. The van der Waals surface area contributed by atoms with E-state index in [-0.39, 0.29) is 0 Å². The molecule has 0 unspecified atom stereocenters. The van der Waals surface area contributed by atoms with Gasteiger partial charge in [0.1, 0.15) is 11.5 Å². The third-order valence-electron chi connectivity index (χ3n) is 1.63. The highest BCUT2D eigenvalue weighted by molar-refractivity contribution is 5.33. The van der Waals surface area contributed by atoms with Crippen LogP contribution in [0.4, 0.5) is 5.82 Å². The zero-order valence-corrected chi connectivity index (χ0v) is 7.20. The molecule has 0 radical (unpaired) electrons. The van der Waals surface area contributed by atoms with Crippen LogP contribution in [-0.4, -0.2) is 15.0 Å². The van der Waals surface area contributed by atoms with E-state index in [1.165, 1.54) is 0 Å². The first-order valence-electron chi connectivity index (χ1n) is 3.86. The molecule has 1 rings (SSSR count). The van der Waals surface area contributed by atoms with Crippen LogP contribution in [0.15, 0.2) is 0 Å². The molecule has 0 spiro atoms. The molecule has 0 saturated heterocycles. The Hall–Kier alpha value is -1.06. The second kappa shape index (κ2) is 2.90. The van der Waals surface area contributed by atoms with Gasteiger partial charge in [0, 0.05) is 0 Å². The van der Waals surface area contributed by atoms with Crippen molar-refractivity contribution in [3.63, 3.8) is 0 Å². The van der Waals surface area contributed by atoms with Crippen LogP contribution in [0.25, 0.3) is 0 Å². The second-order valence-corrected chi connectivity index (χ2v) is 2.81. The van der Waals surface area contributed by atoms with E-state index in [0.29, 0.717) is 11.9 Å². The third kappa shape index (κ3) is 1.34. The molecule has 0 atom stereocenters. The van der Waals surface area contributed by atoms with Gasteiger partial charge < -0.3 is 5.73 Å². The molecule has 11 heavy (non-hydrogen) atoms. The lowest BCUT2D eigenvalue weighted by atomic mass is 10.3.